The molecule has 1 N–H and O–H groups in total. The van der Waals surface area contributed by atoms with E-state index in [2.05, 4.69) is 10.4 Å². The second kappa shape index (κ2) is 8.79. The first-order valence-electron chi connectivity index (χ1n) is 8.86. The molecule has 0 fully saturated rings. The molecule has 3 aromatic rings. The third-order valence-corrected chi connectivity index (χ3v) is 4.43. The van der Waals surface area contributed by atoms with Gasteiger partial charge in [-0.2, -0.15) is 4.68 Å². The number of benzene rings is 2. The zero-order valence-electron chi connectivity index (χ0n) is 16.2. The zero-order chi connectivity index (χ0) is 21.0. The number of anilines is 1. The minimum atomic E-state index is -0.837. The fourth-order valence-electron chi connectivity index (χ4n) is 2.59. The van der Waals surface area contributed by atoms with Gasteiger partial charge in [0.25, 0.3) is 11.5 Å². The van der Waals surface area contributed by atoms with E-state index in [0.717, 1.165) is 5.56 Å². The smallest absolute Gasteiger partial charge is 0.271 e. The van der Waals surface area contributed by atoms with Crippen molar-refractivity contribution >= 4 is 23.2 Å². The van der Waals surface area contributed by atoms with E-state index in [1.54, 1.807) is 56.5 Å². The van der Waals surface area contributed by atoms with Crippen LogP contribution in [-0.4, -0.2) is 28.9 Å². The Labute approximate surface area is 172 Å². The Hall–Kier alpha value is -3.32. The van der Waals surface area contributed by atoms with Crippen LogP contribution < -0.4 is 20.3 Å². The van der Waals surface area contributed by atoms with E-state index in [1.807, 2.05) is 6.92 Å². The molecule has 1 heterocycles. The molecule has 7 nitrogen and oxygen atoms in total. The Balaban J connectivity index is 1.76. The number of ether oxygens (including phenoxy) is 2. The van der Waals surface area contributed by atoms with Gasteiger partial charge in [-0.3, -0.25) is 9.59 Å². The number of amides is 1. The lowest BCUT2D eigenvalue weighted by molar-refractivity contribution is -0.122. The van der Waals surface area contributed by atoms with Crippen LogP contribution in [0.3, 0.4) is 0 Å². The minimum Gasteiger partial charge on any atom is -0.497 e. The van der Waals surface area contributed by atoms with Gasteiger partial charge in [-0.05, 0) is 55.8 Å². The van der Waals surface area contributed by atoms with E-state index in [-0.39, 0.29) is 17.3 Å². The number of rotatable bonds is 6. The summed E-state index contributed by atoms with van der Waals surface area (Å²) in [5, 5.41) is 7.46. The SMILES string of the molecule is COc1ccc(NC(=O)[C@H](C)Oc2ccc(=O)n(-c3cc(Cl)ccc3C)n2)cc1. The Bertz CT molecular complexity index is 1080. The van der Waals surface area contributed by atoms with Gasteiger partial charge in [0.15, 0.2) is 6.10 Å². The fourth-order valence-corrected chi connectivity index (χ4v) is 2.76. The van der Waals surface area contributed by atoms with Crippen LogP contribution >= 0.6 is 11.6 Å². The highest BCUT2D eigenvalue weighted by atomic mass is 35.5. The molecule has 0 spiro atoms. The number of nitrogens with one attached hydrogen (secondary N) is 1. The molecule has 0 unspecified atom stereocenters. The van der Waals surface area contributed by atoms with Crippen molar-refractivity contribution in [2.24, 2.45) is 0 Å². The fraction of sp³-hybridized carbons (Fsp3) is 0.190. The summed E-state index contributed by atoms with van der Waals surface area (Å²) in [6, 6.07) is 14.9. The first-order valence-corrected chi connectivity index (χ1v) is 9.23. The van der Waals surface area contributed by atoms with Gasteiger partial charge in [0.2, 0.25) is 5.88 Å². The van der Waals surface area contributed by atoms with Gasteiger partial charge in [0.1, 0.15) is 5.75 Å². The number of hydrogen-bond acceptors (Lipinski definition) is 5. The molecule has 1 atom stereocenters. The normalized spacial score (nSPS) is 11.6. The average Bonchev–Trinajstić information content (AvgIpc) is 2.72. The van der Waals surface area contributed by atoms with Crippen LogP contribution in [-0.2, 0) is 4.79 Å². The number of halogens is 1. The number of aromatic nitrogens is 2. The van der Waals surface area contributed by atoms with Crippen molar-refractivity contribution in [3.63, 3.8) is 0 Å². The van der Waals surface area contributed by atoms with Gasteiger partial charge in [-0.15, -0.1) is 5.10 Å². The first-order chi connectivity index (χ1) is 13.9. The molecule has 2 aromatic carbocycles. The third-order valence-electron chi connectivity index (χ3n) is 4.20. The molecule has 150 valence electrons. The quantitative estimate of drug-likeness (QED) is 0.667. The summed E-state index contributed by atoms with van der Waals surface area (Å²) in [4.78, 5) is 24.7. The molecule has 0 saturated heterocycles. The molecule has 0 bridgehead atoms. The molecule has 0 aliphatic carbocycles. The maximum atomic E-state index is 12.4. The van der Waals surface area contributed by atoms with Crippen molar-refractivity contribution in [3.8, 4) is 17.3 Å². The molecule has 8 heteroatoms. The van der Waals surface area contributed by atoms with Gasteiger partial charge in [-0.25, -0.2) is 0 Å². The highest BCUT2D eigenvalue weighted by Gasteiger charge is 2.17. The average molecular weight is 414 g/mol. The highest BCUT2D eigenvalue weighted by molar-refractivity contribution is 6.30. The predicted molar refractivity (Wildman–Crippen MR) is 111 cm³/mol. The summed E-state index contributed by atoms with van der Waals surface area (Å²) in [5.74, 6) is 0.477. The van der Waals surface area contributed by atoms with E-state index in [9.17, 15) is 9.59 Å². The predicted octanol–water partition coefficient (Wildman–Crippen LogP) is 3.61. The number of methoxy groups -OCH3 is 1. The summed E-state index contributed by atoms with van der Waals surface area (Å²) in [7, 11) is 1.57. The molecule has 29 heavy (non-hydrogen) atoms. The number of aryl methyl sites for hydroxylation is 1. The Kier molecular flexibility index (Phi) is 6.19. The van der Waals surface area contributed by atoms with E-state index in [4.69, 9.17) is 21.1 Å². The molecule has 3 rings (SSSR count). The van der Waals surface area contributed by atoms with Gasteiger partial charge in [-0.1, -0.05) is 17.7 Å². The van der Waals surface area contributed by atoms with Crippen molar-refractivity contribution < 1.29 is 14.3 Å². The second-order valence-corrected chi connectivity index (χ2v) is 6.77. The van der Waals surface area contributed by atoms with Gasteiger partial charge in [0, 0.05) is 22.8 Å². The molecule has 1 aromatic heterocycles. The molecular weight excluding hydrogens is 394 g/mol. The Morgan fingerprint density at radius 2 is 1.86 bits per heavy atom. The summed E-state index contributed by atoms with van der Waals surface area (Å²) in [5.41, 5.74) is 1.64. The van der Waals surface area contributed by atoms with E-state index < -0.39 is 6.10 Å². The van der Waals surface area contributed by atoms with Crippen molar-refractivity contribution in [3.05, 3.63) is 75.5 Å². The van der Waals surface area contributed by atoms with E-state index >= 15 is 0 Å². The van der Waals surface area contributed by atoms with E-state index in [1.165, 1.54) is 16.8 Å². The maximum Gasteiger partial charge on any atom is 0.271 e. The van der Waals surface area contributed by atoms with Crippen molar-refractivity contribution in [1.82, 2.24) is 9.78 Å². The number of carbonyl (C=O) groups is 1. The summed E-state index contributed by atoms with van der Waals surface area (Å²) in [6.45, 7) is 3.44. The molecule has 0 aliphatic heterocycles. The van der Waals surface area contributed by atoms with Crippen LogP contribution in [0.25, 0.3) is 5.69 Å². The summed E-state index contributed by atoms with van der Waals surface area (Å²) >= 11 is 6.05. The van der Waals surface area contributed by atoms with Crippen LogP contribution in [0.15, 0.2) is 59.4 Å². The zero-order valence-corrected chi connectivity index (χ0v) is 16.9. The van der Waals surface area contributed by atoms with Crippen LogP contribution in [0.1, 0.15) is 12.5 Å². The molecular formula is C21H20ClN3O4. The lowest BCUT2D eigenvalue weighted by Gasteiger charge is -2.15. The Morgan fingerprint density at radius 1 is 1.14 bits per heavy atom. The number of hydrogen-bond donors (Lipinski definition) is 1. The molecule has 0 radical (unpaired) electrons. The van der Waals surface area contributed by atoms with Gasteiger partial charge < -0.3 is 14.8 Å². The lowest BCUT2D eigenvalue weighted by Crippen LogP contribution is -2.31. The first kappa shape index (κ1) is 20.4. The largest absolute Gasteiger partial charge is 0.497 e. The van der Waals surface area contributed by atoms with Crippen LogP contribution in [0.5, 0.6) is 11.6 Å². The maximum absolute atomic E-state index is 12.4. The van der Waals surface area contributed by atoms with Crippen molar-refractivity contribution in [1.29, 1.82) is 0 Å². The third kappa shape index (κ3) is 4.94. The van der Waals surface area contributed by atoms with Crippen LogP contribution in [0.4, 0.5) is 5.69 Å². The van der Waals surface area contributed by atoms with Gasteiger partial charge >= 0.3 is 0 Å². The highest BCUT2D eigenvalue weighted by Crippen LogP contribution is 2.19. The van der Waals surface area contributed by atoms with Crippen molar-refractivity contribution in [2.45, 2.75) is 20.0 Å². The van der Waals surface area contributed by atoms with Crippen LogP contribution in [0.2, 0.25) is 5.02 Å². The Morgan fingerprint density at radius 3 is 2.55 bits per heavy atom. The second-order valence-electron chi connectivity index (χ2n) is 6.33. The lowest BCUT2D eigenvalue weighted by atomic mass is 10.2. The molecule has 1 amide bonds. The monoisotopic (exact) mass is 413 g/mol. The topological polar surface area (TPSA) is 82.5 Å². The molecule has 0 saturated carbocycles. The van der Waals surface area contributed by atoms with Crippen molar-refractivity contribution in [2.75, 3.05) is 12.4 Å². The van der Waals surface area contributed by atoms with Gasteiger partial charge in [0.05, 0.1) is 12.8 Å². The summed E-state index contributed by atoms with van der Waals surface area (Å²) < 4.78 is 11.9. The number of nitrogens with zero attached hydrogens (tertiary/aromatic N) is 2. The standard InChI is InChI=1S/C21H20ClN3O4/c1-13-4-5-15(22)12-18(13)25-20(26)11-10-19(24-25)29-14(2)21(27)23-16-6-8-17(28-3)9-7-16/h4-12,14H,1-3H3,(H,23,27)/t14-/m0/s1. The minimum absolute atomic E-state index is 0.140. The van der Waals surface area contributed by atoms with Crippen LogP contribution in [0, 0.1) is 6.92 Å². The number of carbonyl (C=O) groups excluding carboxylic acids is 1. The molecule has 0 aliphatic rings. The van der Waals surface area contributed by atoms with E-state index in [0.29, 0.717) is 22.1 Å². The summed E-state index contributed by atoms with van der Waals surface area (Å²) in [6.07, 6.45) is -0.837.